The Hall–Kier alpha value is -1.27. The van der Waals surface area contributed by atoms with E-state index in [2.05, 4.69) is 20.4 Å². The second kappa shape index (κ2) is 4.19. The first-order chi connectivity index (χ1) is 8.24. The number of hydrogen-bond donors (Lipinski definition) is 1. The molecule has 0 aromatic carbocycles. The molecular formula is C11H14N4OS. The average molecular weight is 250 g/mol. The summed E-state index contributed by atoms with van der Waals surface area (Å²) >= 11 is 1.60. The molecule has 1 saturated heterocycles. The average Bonchev–Trinajstić information content (AvgIpc) is 2.97. The van der Waals surface area contributed by atoms with E-state index in [1.165, 1.54) is 6.42 Å². The Bertz CT molecular complexity index is 527. The topological polar surface area (TPSA) is 63.8 Å². The van der Waals surface area contributed by atoms with Crippen molar-refractivity contribution in [3.8, 4) is 10.8 Å². The van der Waals surface area contributed by atoms with Crippen LogP contribution in [0.3, 0.4) is 0 Å². The van der Waals surface area contributed by atoms with Gasteiger partial charge in [0.25, 0.3) is 5.89 Å². The van der Waals surface area contributed by atoms with E-state index in [1.807, 2.05) is 13.8 Å². The molecule has 0 amide bonds. The van der Waals surface area contributed by atoms with Gasteiger partial charge in [-0.05, 0) is 33.2 Å². The van der Waals surface area contributed by atoms with Crippen LogP contribution in [0.1, 0.15) is 35.4 Å². The van der Waals surface area contributed by atoms with E-state index in [0.29, 0.717) is 5.89 Å². The van der Waals surface area contributed by atoms with Crippen molar-refractivity contribution in [2.45, 2.75) is 32.7 Å². The molecule has 3 heterocycles. The van der Waals surface area contributed by atoms with Crippen molar-refractivity contribution in [2.24, 2.45) is 0 Å². The highest BCUT2D eigenvalue weighted by Gasteiger charge is 2.23. The standard InChI is InChI=1S/C11H14N4OS/c1-6-9(17-7(2)13-6)11-14-10(15-16-11)8-4-3-5-12-8/h8,12H,3-5H2,1-2H3. The van der Waals surface area contributed by atoms with Gasteiger partial charge in [0.15, 0.2) is 5.82 Å². The van der Waals surface area contributed by atoms with E-state index in [4.69, 9.17) is 4.52 Å². The van der Waals surface area contributed by atoms with Crippen LogP contribution in [-0.4, -0.2) is 21.7 Å². The largest absolute Gasteiger partial charge is 0.333 e. The van der Waals surface area contributed by atoms with Crippen molar-refractivity contribution >= 4 is 11.3 Å². The number of hydrogen-bond acceptors (Lipinski definition) is 6. The summed E-state index contributed by atoms with van der Waals surface area (Å²) < 4.78 is 5.33. The third-order valence-electron chi connectivity index (χ3n) is 2.91. The quantitative estimate of drug-likeness (QED) is 0.885. The van der Waals surface area contributed by atoms with Crippen molar-refractivity contribution in [2.75, 3.05) is 6.54 Å². The summed E-state index contributed by atoms with van der Waals surface area (Å²) in [6, 6.07) is 0.252. The lowest BCUT2D eigenvalue weighted by Crippen LogP contribution is -2.14. The Morgan fingerprint density at radius 1 is 1.35 bits per heavy atom. The molecule has 0 aliphatic carbocycles. The number of aromatic nitrogens is 3. The van der Waals surface area contributed by atoms with Gasteiger partial charge in [0.1, 0.15) is 4.88 Å². The van der Waals surface area contributed by atoms with Gasteiger partial charge < -0.3 is 9.84 Å². The molecule has 1 atom stereocenters. The number of nitrogens with one attached hydrogen (secondary N) is 1. The Morgan fingerprint density at radius 2 is 2.24 bits per heavy atom. The molecule has 1 N–H and O–H groups in total. The first-order valence-corrected chi connectivity index (χ1v) is 6.57. The van der Waals surface area contributed by atoms with Crippen molar-refractivity contribution in [3.05, 3.63) is 16.5 Å². The van der Waals surface area contributed by atoms with Gasteiger partial charge in [0, 0.05) is 0 Å². The minimum atomic E-state index is 0.252. The van der Waals surface area contributed by atoms with E-state index < -0.39 is 0 Å². The molecule has 0 spiro atoms. The molecule has 17 heavy (non-hydrogen) atoms. The van der Waals surface area contributed by atoms with Crippen LogP contribution in [0.15, 0.2) is 4.52 Å². The fourth-order valence-corrected chi connectivity index (χ4v) is 2.94. The summed E-state index contributed by atoms with van der Waals surface area (Å²) in [4.78, 5) is 9.82. The maximum absolute atomic E-state index is 5.33. The first kappa shape index (κ1) is 10.9. The molecule has 5 nitrogen and oxygen atoms in total. The third-order valence-corrected chi connectivity index (χ3v) is 3.97. The predicted molar refractivity (Wildman–Crippen MR) is 64.9 cm³/mol. The van der Waals surface area contributed by atoms with Crippen molar-refractivity contribution in [3.63, 3.8) is 0 Å². The van der Waals surface area contributed by atoms with Gasteiger partial charge in [0.2, 0.25) is 0 Å². The SMILES string of the molecule is Cc1nc(C)c(-c2nc(C3CCCN3)no2)s1. The summed E-state index contributed by atoms with van der Waals surface area (Å²) in [5.74, 6) is 1.36. The zero-order chi connectivity index (χ0) is 11.8. The molecule has 90 valence electrons. The highest BCUT2D eigenvalue weighted by Crippen LogP contribution is 2.30. The summed E-state index contributed by atoms with van der Waals surface area (Å²) in [5.41, 5.74) is 0.960. The maximum atomic E-state index is 5.33. The molecule has 3 rings (SSSR count). The number of thiazole rings is 1. The van der Waals surface area contributed by atoms with Crippen LogP contribution in [-0.2, 0) is 0 Å². The molecule has 0 saturated carbocycles. The predicted octanol–water partition coefficient (Wildman–Crippen LogP) is 2.23. The van der Waals surface area contributed by atoms with Crippen LogP contribution in [0, 0.1) is 13.8 Å². The van der Waals surface area contributed by atoms with E-state index in [0.717, 1.165) is 34.4 Å². The molecule has 2 aromatic rings. The van der Waals surface area contributed by atoms with E-state index in [9.17, 15) is 0 Å². The fourth-order valence-electron chi connectivity index (χ4n) is 2.10. The molecule has 1 fully saturated rings. The molecule has 1 aliphatic heterocycles. The van der Waals surface area contributed by atoms with E-state index >= 15 is 0 Å². The van der Waals surface area contributed by atoms with Crippen LogP contribution in [0.4, 0.5) is 0 Å². The van der Waals surface area contributed by atoms with Gasteiger partial charge in [-0.3, -0.25) is 0 Å². The van der Waals surface area contributed by atoms with Crippen LogP contribution in [0.25, 0.3) is 10.8 Å². The molecule has 1 unspecified atom stereocenters. The Labute approximate surface area is 103 Å². The first-order valence-electron chi connectivity index (χ1n) is 5.75. The Morgan fingerprint density at radius 3 is 2.88 bits per heavy atom. The zero-order valence-electron chi connectivity index (χ0n) is 9.86. The summed E-state index contributed by atoms with van der Waals surface area (Å²) in [7, 11) is 0. The van der Waals surface area contributed by atoms with Gasteiger partial charge in [0.05, 0.1) is 16.7 Å². The van der Waals surface area contributed by atoms with Crippen molar-refractivity contribution < 1.29 is 4.52 Å². The van der Waals surface area contributed by atoms with Crippen LogP contribution in [0.2, 0.25) is 0 Å². The highest BCUT2D eigenvalue weighted by atomic mass is 32.1. The molecule has 1 aliphatic rings. The van der Waals surface area contributed by atoms with Gasteiger partial charge in [-0.15, -0.1) is 11.3 Å². The third kappa shape index (κ3) is 1.98. The van der Waals surface area contributed by atoms with Crippen molar-refractivity contribution in [1.82, 2.24) is 20.4 Å². The maximum Gasteiger partial charge on any atom is 0.269 e. The highest BCUT2D eigenvalue weighted by molar-refractivity contribution is 7.15. The number of nitrogens with zero attached hydrogens (tertiary/aromatic N) is 3. The molecule has 6 heteroatoms. The molecule has 0 bridgehead atoms. The zero-order valence-corrected chi connectivity index (χ0v) is 10.7. The second-order valence-corrected chi connectivity index (χ2v) is 5.46. The minimum absolute atomic E-state index is 0.252. The van der Waals surface area contributed by atoms with Crippen LogP contribution < -0.4 is 5.32 Å². The van der Waals surface area contributed by atoms with Gasteiger partial charge in [-0.1, -0.05) is 5.16 Å². The lowest BCUT2D eigenvalue weighted by Gasteiger charge is -2.01. The fraction of sp³-hybridized carbons (Fsp3) is 0.545. The normalized spacial score (nSPS) is 20.0. The Balaban J connectivity index is 1.91. The second-order valence-electron chi connectivity index (χ2n) is 4.25. The molecule has 0 radical (unpaired) electrons. The molecular weight excluding hydrogens is 236 g/mol. The van der Waals surface area contributed by atoms with E-state index in [-0.39, 0.29) is 6.04 Å². The smallest absolute Gasteiger partial charge is 0.269 e. The number of aryl methyl sites for hydroxylation is 2. The molecule has 2 aromatic heterocycles. The summed E-state index contributed by atoms with van der Waals surface area (Å²) in [5, 5.41) is 8.44. The van der Waals surface area contributed by atoms with Gasteiger partial charge >= 0.3 is 0 Å². The lowest BCUT2D eigenvalue weighted by atomic mass is 10.2. The van der Waals surface area contributed by atoms with Gasteiger partial charge in [-0.25, -0.2) is 4.98 Å². The summed E-state index contributed by atoms with van der Waals surface area (Å²) in [6.07, 6.45) is 2.26. The van der Waals surface area contributed by atoms with Crippen LogP contribution in [0.5, 0.6) is 0 Å². The van der Waals surface area contributed by atoms with Crippen LogP contribution >= 0.6 is 11.3 Å². The van der Waals surface area contributed by atoms with Gasteiger partial charge in [-0.2, -0.15) is 4.98 Å². The monoisotopic (exact) mass is 250 g/mol. The lowest BCUT2D eigenvalue weighted by molar-refractivity contribution is 0.412. The van der Waals surface area contributed by atoms with Crippen molar-refractivity contribution in [1.29, 1.82) is 0 Å². The Kier molecular flexibility index (Phi) is 2.68. The van der Waals surface area contributed by atoms with E-state index in [1.54, 1.807) is 11.3 Å². The minimum Gasteiger partial charge on any atom is -0.333 e. The summed E-state index contributed by atoms with van der Waals surface area (Å²) in [6.45, 7) is 4.99. The number of rotatable bonds is 2.